The van der Waals surface area contributed by atoms with Gasteiger partial charge in [0.05, 0.1) is 17.6 Å². The maximum atomic E-state index is 5.36. The maximum Gasteiger partial charge on any atom is 0.106 e. The highest BCUT2D eigenvalue weighted by Crippen LogP contribution is 2.16. The van der Waals surface area contributed by atoms with Crippen molar-refractivity contribution in [1.82, 2.24) is 14.9 Å². The van der Waals surface area contributed by atoms with Crippen molar-refractivity contribution < 1.29 is 4.74 Å². The summed E-state index contributed by atoms with van der Waals surface area (Å²) in [4.78, 5) is 4.56. The van der Waals surface area contributed by atoms with E-state index in [2.05, 4.69) is 40.1 Å². The maximum absolute atomic E-state index is 5.36. The van der Waals surface area contributed by atoms with Crippen LogP contribution in [0.3, 0.4) is 0 Å². The summed E-state index contributed by atoms with van der Waals surface area (Å²) < 4.78 is 7.48. The second-order valence-electron chi connectivity index (χ2n) is 4.98. The van der Waals surface area contributed by atoms with Crippen molar-refractivity contribution >= 4 is 11.0 Å². The van der Waals surface area contributed by atoms with Crippen LogP contribution in [0.25, 0.3) is 11.0 Å². The molecule has 18 heavy (non-hydrogen) atoms. The van der Waals surface area contributed by atoms with E-state index in [-0.39, 0.29) is 0 Å². The summed E-state index contributed by atoms with van der Waals surface area (Å²) in [7, 11) is 2.05. The predicted octanol–water partition coefficient (Wildman–Crippen LogP) is 1.76. The lowest BCUT2D eigenvalue weighted by atomic mass is 10.2. The van der Waals surface area contributed by atoms with Gasteiger partial charge >= 0.3 is 0 Å². The lowest BCUT2D eigenvalue weighted by Gasteiger charge is -2.10. The van der Waals surface area contributed by atoms with Crippen molar-refractivity contribution in [1.29, 1.82) is 0 Å². The van der Waals surface area contributed by atoms with E-state index in [1.54, 1.807) is 0 Å². The van der Waals surface area contributed by atoms with E-state index in [0.29, 0.717) is 6.04 Å². The molecule has 0 spiro atoms. The van der Waals surface area contributed by atoms with Crippen LogP contribution in [0.4, 0.5) is 0 Å². The van der Waals surface area contributed by atoms with Gasteiger partial charge in [-0.25, -0.2) is 4.98 Å². The fraction of sp³-hybridized carbons (Fsp3) is 0.500. The molecule has 1 atom stereocenters. The predicted molar refractivity (Wildman–Crippen MR) is 71.5 cm³/mol. The van der Waals surface area contributed by atoms with E-state index in [1.807, 2.05) is 6.92 Å². The molecule has 4 heteroatoms. The molecular weight excluding hydrogens is 226 g/mol. The van der Waals surface area contributed by atoms with Gasteiger partial charge in [0, 0.05) is 26.2 Å². The molecule has 4 nitrogen and oxygen atoms in total. The topological polar surface area (TPSA) is 39.1 Å². The molecule has 1 unspecified atom stereocenters. The number of rotatable bonds is 3. The number of aryl methyl sites for hydroxylation is 2. The van der Waals surface area contributed by atoms with Gasteiger partial charge in [-0.1, -0.05) is 6.07 Å². The standard InChI is InChI=1S/C14H19N3O/c1-10-16-13-7-11(3-4-14(13)17(10)2)8-15-12-5-6-18-9-12/h3-4,7,12,15H,5-6,8-9H2,1-2H3. The van der Waals surface area contributed by atoms with Gasteiger partial charge in [0.2, 0.25) is 0 Å². The molecule has 1 aliphatic rings. The minimum atomic E-state index is 0.506. The minimum Gasteiger partial charge on any atom is -0.380 e. The molecule has 2 aromatic rings. The van der Waals surface area contributed by atoms with Gasteiger partial charge in [-0.2, -0.15) is 0 Å². The largest absolute Gasteiger partial charge is 0.380 e. The average Bonchev–Trinajstić information content (AvgIpc) is 2.97. The van der Waals surface area contributed by atoms with E-state index in [1.165, 1.54) is 11.1 Å². The monoisotopic (exact) mass is 245 g/mol. The summed E-state index contributed by atoms with van der Waals surface area (Å²) in [5.74, 6) is 1.05. The van der Waals surface area contributed by atoms with E-state index in [0.717, 1.165) is 37.5 Å². The molecule has 0 bridgehead atoms. The molecule has 1 aromatic heterocycles. The summed E-state index contributed by atoms with van der Waals surface area (Å²) >= 11 is 0. The van der Waals surface area contributed by atoms with E-state index < -0.39 is 0 Å². The summed E-state index contributed by atoms with van der Waals surface area (Å²) in [5, 5.41) is 3.52. The third-order valence-corrected chi connectivity index (χ3v) is 3.69. The Kier molecular flexibility index (Phi) is 3.06. The van der Waals surface area contributed by atoms with Crippen LogP contribution in [-0.2, 0) is 18.3 Å². The summed E-state index contributed by atoms with van der Waals surface area (Å²) in [6.07, 6.45) is 1.12. The van der Waals surface area contributed by atoms with Gasteiger partial charge in [0.1, 0.15) is 5.82 Å². The second kappa shape index (κ2) is 4.71. The fourth-order valence-electron chi connectivity index (χ4n) is 2.43. The SMILES string of the molecule is Cc1nc2cc(CNC3CCOC3)ccc2n1C. The zero-order valence-electron chi connectivity index (χ0n) is 10.9. The lowest BCUT2D eigenvalue weighted by Crippen LogP contribution is -2.28. The van der Waals surface area contributed by atoms with Gasteiger partial charge in [-0.3, -0.25) is 0 Å². The third kappa shape index (κ3) is 2.13. The van der Waals surface area contributed by atoms with Gasteiger partial charge < -0.3 is 14.6 Å². The quantitative estimate of drug-likeness (QED) is 0.895. The highest BCUT2D eigenvalue weighted by Gasteiger charge is 2.14. The minimum absolute atomic E-state index is 0.506. The number of ether oxygens (including phenoxy) is 1. The van der Waals surface area contributed by atoms with Gasteiger partial charge in [0.15, 0.2) is 0 Å². The van der Waals surface area contributed by atoms with Gasteiger partial charge in [0.25, 0.3) is 0 Å². The Morgan fingerprint density at radius 3 is 3.17 bits per heavy atom. The third-order valence-electron chi connectivity index (χ3n) is 3.69. The number of nitrogens with zero attached hydrogens (tertiary/aromatic N) is 2. The number of hydrogen-bond donors (Lipinski definition) is 1. The van der Waals surface area contributed by atoms with Crippen molar-refractivity contribution in [2.75, 3.05) is 13.2 Å². The molecule has 0 saturated carbocycles. The molecule has 0 aliphatic carbocycles. The molecule has 1 aromatic carbocycles. The van der Waals surface area contributed by atoms with E-state index in [9.17, 15) is 0 Å². The molecule has 1 fully saturated rings. The molecule has 0 amide bonds. The molecule has 96 valence electrons. The second-order valence-corrected chi connectivity index (χ2v) is 4.98. The highest BCUT2D eigenvalue weighted by molar-refractivity contribution is 5.76. The Morgan fingerprint density at radius 1 is 1.50 bits per heavy atom. The Morgan fingerprint density at radius 2 is 2.39 bits per heavy atom. The number of imidazole rings is 1. The van der Waals surface area contributed by atoms with Crippen LogP contribution in [-0.4, -0.2) is 28.8 Å². The Balaban J connectivity index is 1.76. The Hall–Kier alpha value is -1.39. The number of benzene rings is 1. The molecule has 1 aliphatic heterocycles. The number of fused-ring (bicyclic) bond motifs is 1. The number of nitrogens with one attached hydrogen (secondary N) is 1. The number of aromatic nitrogens is 2. The first-order chi connectivity index (χ1) is 8.74. The molecule has 2 heterocycles. The van der Waals surface area contributed by atoms with E-state index >= 15 is 0 Å². The molecule has 1 N–H and O–H groups in total. The van der Waals surface area contributed by atoms with Crippen molar-refractivity contribution in [3.63, 3.8) is 0 Å². The normalized spacial score (nSPS) is 19.8. The Bertz CT molecular complexity index is 555. The van der Waals surface area contributed by atoms with Gasteiger partial charge in [-0.15, -0.1) is 0 Å². The zero-order chi connectivity index (χ0) is 12.5. The smallest absolute Gasteiger partial charge is 0.106 e. The first-order valence-electron chi connectivity index (χ1n) is 6.47. The van der Waals surface area contributed by atoms with Crippen molar-refractivity contribution in [3.05, 3.63) is 29.6 Å². The van der Waals surface area contributed by atoms with Crippen LogP contribution in [0, 0.1) is 6.92 Å². The zero-order valence-corrected chi connectivity index (χ0v) is 10.9. The molecular formula is C14H19N3O. The van der Waals surface area contributed by atoms with Crippen molar-refractivity contribution in [2.45, 2.75) is 25.9 Å². The molecule has 3 rings (SSSR count). The summed E-state index contributed by atoms with van der Waals surface area (Å²) in [5.41, 5.74) is 3.56. The van der Waals surface area contributed by atoms with Crippen molar-refractivity contribution in [3.8, 4) is 0 Å². The lowest BCUT2D eigenvalue weighted by molar-refractivity contribution is 0.190. The van der Waals surface area contributed by atoms with Crippen LogP contribution in [0.15, 0.2) is 18.2 Å². The summed E-state index contributed by atoms with van der Waals surface area (Å²) in [6, 6.07) is 7.00. The number of hydrogen-bond acceptors (Lipinski definition) is 3. The molecule has 1 saturated heterocycles. The van der Waals surface area contributed by atoms with Crippen LogP contribution in [0.2, 0.25) is 0 Å². The van der Waals surface area contributed by atoms with Crippen LogP contribution in [0.1, 0.15) is 17.8 Å². The first-order valence-corrected chi connectivity index (χ1v) is 6.47. The first kappa shape index (κ1) is 11.7. The van der Waals surface area contributed by atoms with Gasteiger partial charge in [-0.05, 0) is 31.0 Å². The Labute approximate surface area is 107 Å². The molecule has 0 radical (unpaired) electrons. The highest BCUT2D eigenvalue weighted by atomic mass is 16.5. The van der Waals surface area contributed by atoms with Crippen molar-refractivity contribution in [2.24, 2.45) is 7.05 Å². The van der Waals surface area contributed by atoms with Crippen LogP contribution in [0.5, 0.6) is 0 Å². The van der Waals surface area contributed by atoms with Crippen LogP contribution < -0.4 is 5.32 Å². The van der Waals surface area contributed by atoms with Crippen LogP contribution >= 0.6 is 0 Å². The van der Waals surface area contributed by atoms with E-state index in [4.69, 9.17) is 4.74 Å². The fourth-order valence-corrected chi connectivity index (χ4v) is 2.43. The summed E-state index contributed by atoms with van der Waals surface area (Å²) in [6.45, 7) is 4.65. The average molecular weight is 245 g/mol.